The van der Waals surface area contributed by atoms with Crippen molar-refractivity contribution in [3.05, 3.63) is 0 Å². The molecule has 1 saturated heterocycles. The molecule has 58 valence electrons. The fourth-order valence-corrected chi connectivity index (χ4v) is 1.15. The van der Waals surface area contributed by atoms with Crippen LogP contribution < -0.4 is 0 Å². The molecular weight excluding hydrogens is 134 g/mol. The smallest absolute Gasteiger partial charge is 0.407 e. The molecule has 0 radical (unpaired) electrons. The molecule has 0 spiro atoms. The molecule has 0 aromatic carbocycles. The van der Waals surface area contributed by atoms with E-state index in [4.69, 9.17) is 10.2 Å². The van der Waals surface area contributed by atoms with Crippen LogP contribution in [0.25, 0.3) is 0 Å². The number of carbonyl (C=O) groups is 1. The molecule has 1 fully saturated rings. The van der Waals surface area contributed by atoms with E-state index >= 15 is 0 Å². The summed E-state index contributed by atoms with van der Waals surface area (Å²) < 4.78 is 0. The second-order valence-corrected chi connectivity index (χ2v) is 2.57. The molecule has 0 aromatic rings. The predicted molar refractivity (Wildman–Crippen MR) is 34.8 cm³/mol. The quantitative estimate of drug-likeness (QED) is 0.551. The topological polar surface area (TPSA) is 60.8 Å². The van der Waals surface area contributed by atoms with Crippen LogP contribution in [-0.4, -0.2) is 39.9 Å². The largest absolute Gasteiger partial charge is 0.465 e. The van der Waals surface area contributed by atoms with Gasteiger partial charge in [0.25, 0.3) is 0 Å². The van der Waals surface area contributed by atoms with Gasteiger partial charge < -0.3 is 15.1 Å². The maximum atomic E-state index is 10.3. The predicted octanol–water partition coefficient (Wildman–Crippen LogP) is 0.120. The van der Waals surface area contributed by atoms with Gasteiger partial charge in [0.05, 0.1) is 12.1 Å². The molecule has 4 nitrogen and oxygen atoms in total. The lowest BCUT2D eigenvalue weighted by Gasteiger charge is -2.40. The summed E-state index contributed by atoms with van der Waals surface area (Å²) in [6.45, 7) is 2.17. The summed E-state index contributed by atoms with van der Waals surface area (Å²) in [5.74, 6) is 0. The van der Waals surface area contributed by atoms with Crippen LogP contribution in [0.5, 0.6) is 0 Å². The van der Waals surface area contributed by atoms with Crippen molar-refractivity contribution in [2.75, 3.05) is 6.54 Å². The number of likely N-dealkylation sites (tertiary alicyclic amines) is 1. The van der Waals surface area contributed by atoms with Gasteiger partial charge in [-0.3, -0.25) is 0 Å². The lowest BCUT2D eigenvalue weighted by molar-refractivity contribution is 0.00421. The SMILES string of the molecule is C[C@H](O)[C@@H]1CCN1C(=O)O. The molecule has 1 aliphatic rings. The van der Waals surface area contributed by atoms with Crippen molar-refractivity contribution in [1.29, 1.82) is 0 Å². The van der Waals surface area contributed by atoms with Crippen LogP contribution >= 0.6 is 0 Å². The van der Waals surface area contributed by atoms with Gasteiger partial charge in [-0.2, -0.15) is 0 Å². The van der Waals surface area contributed by atoms with E-state index in [0.717, 1.165) is 6.42 Å². The van der Waals surface area contributed by atoms with Gasteiger partial charge in [0.1, 0.15) is 0 Å². The fraction of sp³-hybridized carbons (Fsp3) is 0.833. The van der Waals surface area contributed by atoms with Crippen molar-refractivity contribution in [3.8, 4) is 0 Å². The summed E-state index contributed by atoms with van der Waals surface area (Å²) in [6, 6.07) is -0.169. The Bertz CT molecular complexity index is 146. The van der Waals surface area contributed by atoms with E-state index in [9.17, 15) is 4.79 Å². The number of aliphatic hydroxyl groups is 1. The van der Waals surface area contributed by atoms with Gasteiger partial charge in [0.15, 0.2) is 0 Å². The maximum absolute atomic E-state index is 10.3. The lowest BCUT2D eigenvalue weighted by atomic mass is 9.99. The van der Waals surface area contributed by atoms with Crippen LogP contribution in [0.4, 0.5) is 4.79 Å². The molecule has 1 amide bonds. The minimum absolute atomic E-state index is 0.169. The lowest BCUT2D eigenvalue weighted by Crippen LogP contribution is -2.55. The first-order valence-electron chi connectivity index (χ1n) is 3.30. The van der Waals surface area contributed by atoms with Crippen molar-refractivity contribution in [2.24, 2.45) is 0 Å². The zero-order valence-corrected chi connectivity index (χ0v) is 5.82. The highest BCUT2D eigenvalue weighted by Crippen LogP contribution is 2.19. The third-order valence-electron chi connectivity index (χ3n) is 1.87. The highest BCUT2D eigenvalue weighted by atomic mass is 16.4. The molecule has 0 bridgehead atoms. The first-order valence-corrected chi connectivity index (χ1v) is 3.30. The number of hydrogen-bond donors (Lipinski definition) is 2. The van der Waals surface area contributed by atoms with Crippen molar-refractivity contribution in [2.45, 2.75) is 25.5 Å². The van der Waals surface area contributed by atoms with Crippen LogP contribution in [0.1, 0.15) is 13.3 Å². The van der Waals surface area contributed by atoms with Gasteiger partial charge in [0, 0.05) is 6.54 Å². The summed E-state index contributed by atoms with van der Waals surface area (Å²) >= 11 is 0. The van der Waals surface area contributed by atoms with Crippen LogP contribution in [0.3, 0.4) is 0 Å². The minimum Gasteiger partial charge on any atom is -0.465 e. The molecule has 0 aromatic heterocycles. The molecule has 2 N–H and O–H groups in total. The fourth-order valence-electron chi connectivity index (χ4n) is 1.15. The van der Waals surface area contributed by atoms with Gasteiger partial charge in [-0.15, -0.1) is 0 Å². The first-order chi connectivity index (χ1) is 4.63. The molecule has 4 heteroatoms. The molecule has 1 heterocycles. The Kier molecular flexibility index (Phi) is 1.80. The highest BCUT2D eigenvalue weighted by Gasteiger charge is 2.34. The molecule has 0 unspecified atom stereocenters. The van der Waals surface area contributed by atoms with E-state index in [0.29, 0.717) is 6.54 Å². The zero-order chi connectivity index (χ0) is 7.72. The van der Waals surface area contributed by atoms with E-state index in [1.54, 1.807) is 6.92 Å². The van der Waals surface area contributed by atoms with E-state index in [1.165, 1.54) is 4.90 Å². The second kappa shape index (κ2) is 2.46. The molecule has 0 aliphatic carbocycles. The van der Waals surface area contributed by atoms with Gasteiger partial charge in [0.2, 0.25) is 0 Å². The third kappa shape index (κ3) is 1.07. The minimum atomic E-state index is -0.933. The number of nitrogens with zero attached hydrogens (tertiary/aromatic N) is 1. The molecule has 2 atom stereocenters. The Balaban J connectivity index is 2.43. The van der Waals surface area contributed by atoms with Gasteiger partial charge in [-0.05, 0) is 13.3 Å². The van der Waals surface area contributed by atoms with E-state index < -0.39 is 12.2 Å². The monoisotopic (exact) mass is 145 g/mol. The van der Waals surface area contributed by atoms with E-state index in [1.807, 2.05) is 0 Å². The Morgan fingerprint density at radius 1 is 1.80 bits per heavy atom. The Hall–Kier alpha value is -0.770. The van der Waals surface area contributed by atoms with Gasteiger partial charge >= 0.3 is 6.09 Å². The second-order valence-electron chi connectivity index (χ2n) is 2.57. The summed E-state index contributed by atoms with van der Waals surface area (Å²) in [7, 11) is 0. The Labute approximate surface area is 59.1 Å². The maximum Gasteiger partial charge on any atom is 0.407 e. The van der Waals surface area contributed by atoms with Gasteiger partial charge in [-0.25, -0.2) is 4.79 Å². The van der Waals surface area contributed by atoms with E-state index in [-0.39, 0.29) is 6.04 Å². The number of carboxylic acid groups (broad SMARTS) is 1. The van der Waals surface area contributed by atoms with Crippen LogP contribution in [0.2, 0.25) is 0 Å². The van der Waals surface area contributed by atoms with Crippen molar-refractivity contribution in [1.82, 2.24) is 4.90 Å². The van der Waals surface area contributed by atoms with Crippen LogP contribution in [-0.2, 0) is 0 Å². The molecule has 1 aliphatic heterocycles. The molecule has 0 saturated carbocycles. The number of rotatable bonds is 1. The van der Waals surface area contributed by atoms with Crippen molar-refractivity contribution in [3.63, 3.8) is 0 Å². The summed E-state index contributed by atoms with van der Waals surface area (Å²) in [5, 5.41) is 17.5. The molecule has 10 heavy (non-hydrogen) atoms. The van der Waals surface area contributed by atoms with Crippen molar-refractivity contribution >= 4 is 6.09 Å². The molecule has 1 rings (SSSR count). The average molecular weight is 145 g/mol. The number of amides is 1. The number of aliphatic hydroxyl groups excluding tert-OH is 1. The average Bonchev–Trinajstić information content (AvgIpc) is 1.56. The Morgan fingerprint density at radius 2 is 2.40 bits per heavy atom. The summed E-state index contributed by atoms with van der Waals surface area (Å²) in [6.07, 6.45) is -0.689. The summed E-state index contributed by atoms with van der Waals surface area (Å²) in [4.78, 5) is 11.6. The summed E-state index contributed by atoms with van der Waals surface area (Å²) in [5.41, 5.74) is 0. The number of hydrogen-bond acceptors (Lipinski definition) is 2. The Morgan fingerprint density at radius 3 is 2.50 bits per heavy atom. The third-order valence-corrected chi connectivity index (χ3v) is 1.87. The normalized spacial score (nSPS) is 27.4. The van der Waals surface area contributed by atoms with Crippen LogP contribution in [0.15, 0.2) is 0 Å². The van der Waals surface area contributed by atoms with Crippen molar-refractivity contribution < 1.29 is 15.0 Å². The first kappa shape index (κ1) is 7.34. The standard InChI is InChI=1S/C6H11NO3/c1-4(8)5-2-3-7(5)6(9)10/h4-5,8H,2-3H2,1H3,(H,9,10)/t4-,5-/m0/s1. The van der Waals surface area contributed by atoms with Crippen LogP contribution in [0, 0.1) is 0 Å². The van der Waals surface area contributed by atoms with Gasteiger partial charge in [-0.1, -0.05) is 0 Å². The zero-order valence-electron chi connectivity index (χ0n) is 5.82. The molecular formula is C6H11NO3. The highest BCUT2D eigenvalue weighted by molar-refractivity contribution is 5.66. The van der Waals surface area contributed by atoms with E-state index in [2.05, 4.69) is 0 Å².